The summed E-state index contributed by atoms with van der Waals surface area (Å²) >= 11 is 0. The Kier molecular flexibility index (Phi) is 4.53. The van der Waals surface area contributed by atoms with Crippen molar-refractivity contribution < 1.29 is 4.79 Å². The van der Waals surface area contributed by atoms with Gasteiger partial charge >= 0.3 is 6.03 Å². The molecule has 0 fully saturated rings. The van der Waals surface area contributed by atoms with Crippen LogP contribution in [-0.4, -0.2) is 22.5 Å². The maximum absolute atomic E-state index is 11.2. The number of carbonyl (C=O) groups is 1. The van der Waals surface area contributed by atoms with Crippen LogP contribution < -0.4 is 10.6 Å². The molecule has 15 heavy (non-hydrogen) atoms. The van der Waals surface area contributed by atoms with E-state index in [0.29, 0.717) is 13.1 Å². The molecular weight excluding hydrogens is 192 g/mol. The standard InChI is InChI=1S/C10H16N4O/c1-3-4-11-10(15)14-7-9-6-12-8(2)5-13-9/h5-6H,3-4,7H2,1-2H3,(H2,11,14,15). The fourth-order valence-electron chi connectivity index (χ4n) is 0.982. The van der Waals surface area contributed by atoms with Crippen LogP contribution in [0.5, 0.6) is 0 Å². The Bertz CT molecular complexity index is 310. The third-order valence-corrected chi connectivity index (χ3v) is 1.80. The fourth-order valence-corrected chi connectivity index (χ4v) is 0.982. The zero-order valence-corrected chi connectivity index (χ0v) is 9.08. The van der Waals surface area contributed by atoms with E-state index in [1.165, 1.54) is 0 Å². The summed E-state index contributed by atoms with van der Waals surface area (Å²) in [5.41, 5.74) is 1.63. The summed E-state index contributed by atoms with van der Waals surface area (Å²) in [7, 11) is 0. The lowest BCUT2D eigenvalue weighted by Crippen LogP contribution is -2.35. The molecule has 82 valence electrons. The van der Waals surface area contributed by atoms with Gasteiger partial charge in [0.25, 0.3) is 0 Å². The maximum Gasteiger partial charge on any atom is 0.315 e. The predicted molar refractivity (Wildman–Crippen MR) is 57.3 cm³/mol. The Balaban J connectivity index is 2.30. The van der Waals surface area contributed by atoms with E-state index in [0.717, 1.165) is 17.8 Å². The first-order valence-corrected chi connectivity index (χ1v) is 5.01. The molecule has 0 aliphatic heterocycles. The lowest BCUT2D eigenvalue weighted by Gasteiger charge is -2.05. The second-order valence-electron chi connectivity index (χ2n) is 3.26. The third-order valence-electron chi connectivity index (χ3n) is 1.80. The first-order valence-electron chi connectivity index (χ1n) is 5.01. The average Bonchev–Trinajstić information content (AvgIpc) is 2.25. The van der Waals surface area contributed by atoms with E-state index in [9.17, 15) is 4.79 Å². The first-order chi connectivity index (χ1) is 7.22. The molecule has 1 heterocycles. The predicted octanol–water partition coefficient (Wildman–Crippen LogP) is 0.994. The molecule has 2 N–H and O–H groups in total. The molecule has 0 aliphatic carbocycles. The van der Waals surface area contributed by atoms with E-state index in [-0.39, 0.29) is 6.03 Å². The fraction of sp³-hybridized carbons (Fsp3) is 0.500. The van der Waals surface area contributed by atoms with Crippen LogP contribution in [-0.2, 0) is 6.54 Å². The lowest BCUT2D eigenvalue weighted by atomic mass is 10.4. The molecule has 0 radical (unpaired) electrons. The zero-order valence-electron chi connectivity index (χ0n) is 9.08. The highest BCUT2D eigenvalue weighted by Gasteiger charge is 1.99. The number of aromatic nitrogens is 2. The van der Waals surface area contributed by atoms with E-state index in [4.69, 9.17) is 0 Å². The minimum atomic E-state index is -0.167. The van der Waals surface area contributed by atoms with Gasteiger partial charge in [-0.05, 0) is 13.3 Å². The van der Waals surface area contributed by atoms with Gasteiger partial charge in [-0.25, -0.2) is 4.79 Å². The number of nitrogens with one attached hydrogen (secondary N) is 2. The number of hydrogen-bond acceptors (Lipinski definition) is 3. The smallest absolute Gasteiger partial charge is 0.315 e. The summed E-state index contributed by atoms with van der Waals surface area (Å²) in [5, 5.41) is 5.42. The monoisotopic (exact) mass is 208 g/mol. The van der Waals surface area contributed by atoms with Crippen molar-refractivity contribution in [2.75, 3.05) is 6.54 Å². The molecule has 1 rings (SSSR count). The van der Waals surface area contributed by atoms with Crippen LogP contribution in [0.25, 0.3) is 0 Å². The molecule has 0 atom stereocenters. The van der Waals surface area contributed by atoms with Gasteiger partial charge in [0.1, 0.15) is 0 Å². The van der Waals surface area contributed by atoms with Crippen LogP contribution >= 0.6 is 0 Å². The SMILES string of the molecule is CCCNC(=O)NCc1cnc(C)cn1. The van der Waals surface area contributed by atoms with E-state index in [1.54, 1.807) is 12.4 Å². The maximum atomic E-state index is 11.2. The van der Waals surface area contributed by atoms with Gasteiger partial charge in [-0.15, -0.1) is 0 Å². The molecule has 0 spiro atoms. The number of carbonyl (C=O) groups excluding carboxylic acids is 1. The number of nitrogens with zero attached hydrogens (tertiary/aromatic N) is 2. The second-order valence-corrected chi connectivity index (χ2v) is 3.26. The molecule has 0 saturated carbocycles. The first kappa shape index (κ1) is 11.4. The van der Waals surface area contributed by atoms with E-state index in [1.807, 2.05) is 13.8 Å². The van der Waals surface area contributed by atoms with E-state index in [2.05, 4.69) is 20.6 Å². The molecule has 0 bridgehead atoms. The summed E-state index contributed by atoms with van der Waals surface area (Å²) in [6.07, 6.45) is 4.27. The summed E-state index contributed by atoms with van der Waals surface area (Å²) in [6.45, 7) is 4.97. The Labute approximate surface area is 89.3 Å². The summed E-state index contributed by atoms with van der Waals surface area (Å²) in [4.78, 5) is 19.4. The Morgan fingerprint density at radius 1 is 1.33 bits per heavy atom. The van der Waals surface area contributed by atoms with Crippen molar-refractivity contribution in [2.45, 2.75) is 26.8 Å². The molecular formula is C10H16N4O. The van der Waals surface area contributed by atoms with Gasteiger partial charge in [-0.2, -0.15) is 0 Å². The van der Waals surface area contributed by atoms with Gasteiger partial charge in [-0.3, -0.25) is 9.97 Å². The summed E-state index contributed by atoms with van der Waals surface area (Å²) < 4.78 is 0. The van der Waals surface area contributed by atoms with Crippen LogP contribution in [0.4, 0.5) is 4.79 Å². The highest BCUT2D eigenvalue weighted by molar-refractivity contribution is 5.73. The number of rotatable bonds is 4. The number of aryl methyl sites for hydroxylation is 1. The van der Waals surface area contributed by atoms with E-state index >= 15 is 0 Å². The van der Waals surface area contributed by atoms with Crippen molar-refractivity contribution in [3.63, 3.8) is 0 Å². The minimum absolute atomic E-state index is 0.167. The van der Waals surface area contributed by atoms with Crippen molar-refractivity contribution >= 4 is 6.03 Å². The molecule has 5 nitrogen and oxygen atoms in total. The molecule has 0 aliphatic rings. The second kappa shape index (κ2) is 5.95. The van der Waals surface area contributed by atoms with Gasteiger partial charge < -0.3 is 10.6 Å². The van der Waals surface area contributed by atoms with Crippen LogP contribution in [0.3, 0.4) is 0 Å². The Hall–Kier alpha value is -1.65. The van der Waals surface area contributed by atoms with Crippen molar-refractivity contribution in [1.82, 2.24) is 20.6 Å². The third kappa shape index (κ3) is 4.39. The van der Waals surface area contributed by atoms with Gasteiger partial charge in [0.2, 0.25) is 0 Å². The highest BCUT2D eigenvalue weighted by atomic mass is 16.2. The Morgan fingerprint density at radius 3 is 2.73 bits per heavy atom. The summed E-state index contributed by atoms with van der Waals surface area (Å²) in [5.74, 6) is 0. The molecule has 0 saturated heterocycles. The quantitative estimate of drug-likeness (QED) is 0.775. The van der Waals surface area contributed by atoms with Gasteiger partial charge in [-0.1, -0.05) is 6.92 Å². The van der Waals surface area contributed by atoms with Crippen molar-refractivity contribution in [1.29, 1.82) is 0 Å². The molecule has 0 aromatic carbocycles. The lowest BCUT2D eigenvalue weighted by molar-refractivity contribution is 0.240. The Morgan fingerprint density at radius 2 is 2.13 bits per heavy atom. The zero-order chi connectivity index (χ0) is 11.1. The number of amides is 2. The van der Waals surface area contributed by atoms with Gasteiger partial charge in [0.15, 0.2) is 0 Å². The summed E-state index contributed by atoms with van der Waals surface area (Å²) in [6, 6.07) is -0.167. The van der Waals surface area contributed by atoms with Crippen LogP contribution in [0.15, 0.2) is 12.4 Å². The van der Waals surface area contributed by atoms with Crippen LogP contribution in [0.1, 0.15) is 24.7 Å². The molecule has 2 amide bonds. The average molecular weight is 208 g/mol. The normalized spacial score (nSPS) is 9.73. The molecule has 1 aromatic rings. The number of hydrogen-bond donors (Lipinski definition) is 2. The molecule has 0 unspecified atom stereocenters. The minimum Gasteiger partial charge on any atom is -0.338 e. The highest BCUT2D eigenvalue weighted by Crippen LogP contribution is 1.92. The largest absolute Gasteiger partial charge is 0.338 e. The van der Waals surface area contributed by atoms with Crippen LogP contribution in [0.2, 0.25) is 0 Å². The molecule has 1 aromatic heterocycles. The van der Waals surface area contributed by atoms with E-state index < -0.39 is 0 Å². The van der Waals surface area contributed by atoms with Crippen molar-refractivity contribution in [2.24, 2.45) is 0 Å². The number of urea groups is 1. The van der Waals surface area contributed by atoms with Crippen molar-refractivity contribution in [3.8, 4) is 0 Å². The van der Waals surface area contributed by atoms with Gasteiger partial charge in [0.05, 0.1) is 24.1 Å². The van der Waals surface area contributed by atoms with Gasteiger partial charge in [0, 0.05) is 12.7 Å². The topological polar surface area (TPSA) is 66.9 Å². The van der Waals surface area contributed by atoms with Crippen molar-refractivity contribution in [3.05, 3.63) is 23.8 Å². The molecule has 5 heteroatoms. The van der Waals surface area contributed by atoms with Crippen LogP contribution in [0, 0.1) is 6.92 Å².